The number of hydrogen-bond donors (Lipinski definition) is 0. The highest BCUT2D eigenvalue weighted by Crippen LogP contribution is 1.99. The van der Waals surface area contributed by atoms with E-state index in [9.17, 15) is 0 Å². The molecule has 0 radical (unpaired) electrons. The molecule has 0 aliphatic heterocycles. The fourth-order valence-electron chi connectivity index (χ4n) is 1.31. The quantitative estimate of drug-likeness (QED) is 0.566. The van der Waals surface area contributed by atoms with Crippen LogP contribution in [-0.4, -0.2) is 42.1 Å². The minimum Gasteiger partial charge on any atom is -0.291 e. The van der Waals surface area contributed by atoms with Crippen molar-refractivity contribution >= 4 is 0 Å². The Morgan fingerprint density at radius 1 is 0.917 bits per heavy atom. The Morgan fingerprint density at radius 3 is 1.67 bits per heavy atom. The molecule has 0 atom stereocenters. The SMILES string of the molecule is CCN(CC)CN(CC)C(C)C. The molecule has 74 valence electrons. The summed E-state index contributed by atoms with van der Waals surface area (Å²) in [6, 6.07) is 0.663. The van der Waals surface area contributed by atoms with Crippen molar-refractivity contribution in [3.63, 3.8) is 0 Å². The number of hydrogen-bond acceptors (Lipinski definition) is 2. The molecule has 12 heavy (non-hydrogen) atoms. The summed E-state index contributed by atoms with van der Waals surface area (Å²) in [5.41, 5.74) is 0. The maximum atomic E-state index is 2.48. The van der Waals surface area contributed by atoms with Crippen LogP contribution in [0.5, 0.6) is 0 Å². The summed E-state index contributed by atoms with van der Waals surface area (Å²) < 4.78 is 0. The first-order chi connectivity index (χ1) is 5.65. The van der Waals surface area contributed by atoms with E-state index in [0.29, 0.717) is 6.04 Å². The van der Waals surface area contributed by atoms with E-state index in [1.54, 1.807) is 0 Å². The molecule has 0 fully saturated rings. The van der Waals surface area contributed by atoms with Gasteiger partial charge in [-0.1, -0.05) is 20.8 Å². The van der Waals surface area contributed by atoms with E-state index in [1.807, 2.05) is 0 Å². The van der Waals surface area contributed by atoms with Crippen LogP contribution in [0.1, 0.15) is 34.6 Å². The smallest absolute Gasteiger partial charge is 0.0508 e. The normalized spacial score (nSPS) is 12.0. The average Bonchev–Trinajstić information content (AvgIpc) is 2.06. The third kappa shape index (κ3) is 4.07. The molecule has 0 aliphatic carbocycles. The van der Waals surface area contributed by atoms with Gasteiger partial charge in [-0.05, 0) is 33.5 Å². The van der Waals surface area contributed by atoms with Crippen molar-refractivity contribution in [1.82, 2.24) is 9.80 Å². The van der Waals surface area contributed by atoms with Gasteiger partial charge in [0.15, 0.2) is 0 Å². The van der Waals surface area contributed by atoms with Gasteiger partial charge in [0.25, 0.3) is 0 Å². The molecular formula is C10H24N2. The molecule has 0 spiro atoms. The summed E-state index contributed by atoms with van der Waals surface area (Å²) >= 11 is 0. The summed E-state index contributed by atoms with van der Waals surface area (Å²) in [6.45, 7) is 15.7. The molecule has 0 amide bonds. The predicted octanol–water partition coefficient (Wildman–Crippen LogP) is 2.02. The summed E-state index contributed by atoms with van der Waals surface area (Å²) in [5.74, 6) is 0. The molecule has 0 unspecified atom stereocenters. The van der Waals surface area contributed by atoms with Crippen LogP contribution in [0.25, 0.3) is 0 Å². The molecule has 0 aromatic carbocycles. The molecule has 0 aromatic heterocycles. The Bertz CT molecular complexity index is 98.0. The highest BCUT2D eigenvalue weighted by atomic mass is 15.3. The van der Waals surface area contributed by atoms with Gasteiger partial charge in [-0.15, -0.1) is 0 Å². The molecule has 0 N–H and O–H groups in total. The maximum absolute atomic E-state index is 2.48. The van der Waals surface area contributed by atoms with E-state index >= 15 is 0 Å². The van der Waals surface area contributed by atoms with Gasteiger partial charge in [-0.3, -0.25) is 9.80 Å². The van der Waals surface area contributed by atoms with Crippen LogP contribution in [0.3, 0.4) is 0 Å². The third-order valence-electron chi connectivity index (χ3n) is 2.41. The van der Waals surface area contributed by atoms with Gasteiger partial charge in [0.05, 0.1) is 6.67 Å². The van der Waals surface area contributed by atoms with Crippen molar-refractivity contribution < 1.29 is 0 Å². The van der Waals surface area contributed by atoms with E-state index in [-0.39, 0.29) is 0 Å². The monoisotopic (exact) mass is 172 g/mol. The lowest BCUT2D eigenvalue weighted by molar-refractivity contribution is 0.119. The van der Waals surface area contributed by atoms with Gasteiger partial charge in [-0.25, -0.2) is 0 Å². The van der Waals surface area contributed by atoms with E-state index in [1.165, 1.54) is 0 Å². The molecule has 0 rings (SSSR count). The van der Waals surface area contributed by atoms with Crippen LogP contribution in [0.15, 0.2) is 0 Å². The summed E-state index contributed by atoms with van der Waals surface area (Å²) in [7, 11) is 0. The summed E-state index contributed by atoms with van der Waals surface area (Å²) in [5, 5.41) is 0. The maximum Gasteiger partial charge on any atom is 0.0508 e. The first-order valence-corrected chi connectivity index (χ1v) is 5.12. The first-order valence-electron chi connectivity index (χ1n) is 5.12. The molecule has 0 saturated carbocycles. The Labute approximate surface area is 77.5 Å². The zero-order valence-electron chi connectivity index (χ0n) is 9.30. The molecule has 0 heterocycles. The molecular weight excluding hydrogens is 148 g/mol. The van der Waals surface area contributed by atoms with Crippen LogP contribution in [0.2, 0.25) is 0 Å². The minimum atomic E-state index is 0.663. The minimum absolute atomic E-state index is 0.663. The molecule has 2 nitrogen and oxygen atoms in total. The van der Waals surface area contributed by atoms with Gasteiger partial charge in [0.1, 0.15) is 0 Å². The highest BCUT2D eigenvalue weighted by molar-refractivity contribution is 4.60. The Kier molecular flexibility index (Phi) is 6.39. The van der Waals surface area contributed by atoms with Gasteiger partial charge in [0, 0.05) is 6.04 Å². The van der Waals surface area contributed by atoms with Crippen LogP contribution < -0.4 is 0 Å². The lowest BCUT2D eigenvalue weighted by Crippen LogP contribution is -2.41. The third-order valence-corrected chi connectivity index (χ3v) is 2.41. The fourth-order valence-corrected chi connectivity index (χ4v) is 1.31. The molecule has 0 saturated heterocycles. The second-order valence-electron chi connectivity index (χ2n) is 3.44. The van der Waals surface area contributed by atoms with Crippen molar-refractivity contribution in [2.24, 2.45) is 0 Å². The molecule has 0 aromatic rings. The average molecular weight is 172 g/mol. The fraction of sp³-hybridized carbons (Fsp3) is 1.00. The van der Waals surface area contributed by atoms with Crippen LogP contribution in [-0.2, 0) is 0 Å². The Balaban J connectivity index is 3.82. The first kappa shape index (κ1) is 11.9. The highest BCUT2D eigenvalue weighted by Gasteiger charge is 2.09. The summed E-state index contributed by atoms with van der Waals surface area (Å²) in [6.07, 6.45) is 0. The Morgan fingerprint density at radius 2 is 1.42 bits per heavy atom. The van der Waals surface area contributed by atoms with E-state index in [4.69, 9.17) is 0 Å². The zero-order valence-corrected chi connectivity index (χ0v) is 9.30. The molecule has 0 aliphatic rings. The van der Waals surface area contributed by atoms with Crippen molar-refractivity contribution in [2.45, 2.75) is 40.7 Å². The van der Waals surface area contributed by atoms with Crippen LogP contribution in [0, 0.1) is 0 Å². The van der Waals surface area contributed by atoms with Crippen molar-refractivity contribution in [3.8, 4) is 0 Å². The van der Waals surface area contributed by atoms with Crippen LogP contribution >= 0.6 is 0 Å². The lowest BCUT2D eigenvalue weighted by Gasteiger charge is -2.30. The van der Waals surface area contributed by atoms with Crippen molar-refractivity contribution in [2.75, 3.05) is 26.3 Å². The lowest BCUT2D eigenvalue weighted by atomic mass is 10.3. The van der Waals surface area contributed by atoms with Gasteiger partial charge < -0.3 is 0 Å². The van der Waals surface area contributed by atoms with E-state index < -0.39 is 0 Å². The largest absolute Gasteiger partial charge is 0.291 e. The number of nitrogens with zero attached hydrogens (tertiary/aromatic N) is 2. The van der Waals surface area contributed by atoms with Gasteiger partial charge in [0.2, 0.25) is 0 Å². The van der Waals surface area contributed by atoms with Gasteiger partial charge >= 0.3 is 0 Å². The summed E-state index contributed by atoms with van der Waals surface area (Å²) in [4.78, 5) is 4.93. The molecule has 2 heteroatoms. The number of rotatable bonds is 6. The Hall–Kier alpha value is -0.0800. The second kappa shape index (κ2) is 6.44. The van der Waals surface area contributed by atoms with E-state index in [2.05, 4.69) is 44.4 Å². The predicted molar refractivity (Wildman–Crippen MR) is 55.3 cm³/mol. The topological polar surface area (TPSA) is 6.48 Å². The van der Waals surface area contributed by atoms with E-state index in [0.717, 1.165) is 26.3 Å². The van der Waals surface area contributed by atoms with Crippen LogP contribution in [0.4, 0.5) is 0 Å². The van der Waals surface area contributed by atoms with Crippen molar-refractivity contribution in [1.29, 1.82) is 0 Å². The zero-order chi connectivity index (χ0) is 9.56. The molecule has 0 bridgehead atoms. The standard InChI is InChI=1S/C10H24N2/c1-6-11(7-2)9-12(8-3)10(4)5/h10H,6-9H2,1-5H3. The van der Waals surface area contributed by atoms with Crippen molar-refractivity contribution in [3.05, 3.63) is 0 Å². The van der Waals surface area contributed by atoms with Gasteiger partial charge in [-0.2, -0.15) is 0 Å². The second-order valence-corrected chi connectivity index (χ2v) is 3.44.